The minimum absolute atomic E-state index is 0.0320. The number of benzene rings is 2. The number of nitrogens with one attached hydrogen (secondary N) is 2. The number of nitrogens with two attached hydrogens (primary N) is 1. The number of amides is 2. The Morgan fingerprint density at radius 1 is 1.00 bits per heavy atom. The number of nitrogens with zero attached hydrogens (tertiary/aromatic N) is 2. The normalized spacial score (nSPS) is 18.1. The highest BCUT2D eigenvalue weighted by atomic mass is 19.4. The van der Waals surface area contributed by atoms with E-state index in [1.165, 1.54) is 12.1 Å². The summed E-state index contributed by atoms with van der Waals surface area (Å²) < 4.78 is 70.3. The van der Waals surface area contributed by atoms with Crippen LogP contribution in [0.4, 0.5) is 33.3 Å². The van der Waals surface area contributed by atoms with Crippen LogP contribution in [-0.4, -0.2) is 53.9 Å². The number of primary amides is 1. The third-order valence-corrected chi connectivity index (χ3v) is 7.08. The fourth-order valence-electron chi connectivity index (χ4n) is 4.73. The van der Waals surface area contributed by atoms with E-state index in [0.717, 1.165) is 12.1 Å². The molecule has 2 atom stereocenters. The molecular weight excluding hydrogens is 537 g/mol. The van der Waals surface area contributed by atoms with E-state index in [0.29, 0.717) is 25.0 Å². The van der Waals surface area contributed by atoms with Gasteiger partial charge in [-0.25, -0.2) is 8.78 Å². The van der Waals surface area contributed by atoms with Gasteiger partial charge in [-0.15, -0.1) is 0 Å². The molecule has 1 aliphatic heterocycles. The molecule has 2 aromatic carbocycles. The molecule has 1 aromatic heterocycles. The van der Waals surface area contributed by atoms with Crippen molar-refractivity contribution in [2.24, 2.45) is 5.73 Å². The van der Waals surface area contributed by atoms with E-state index in [1.807, 2.05) is 25.8 Å². The fourth-order valence-corrected chi connectivity index (χ4v) is 4.73. The molecule has 13 heteroatoms. The summed E-state index contributed by atoms with van der Waals surface area (Å²) in [6.07, 6.45) is -4.32. The molecule has 0 bridgehead atoms. The van der Waals surface area contributed by atoms with Gasteiger partial charge in [0.1, 0.15) is 0 Å². The van der Waals surface area contributed by atoms with E-state index in [2.05, 4.69) is 15.2 Å². The minimum atomic E-state index is -4.99. The second-order valence-corrected chi connectivity index (χ2v) is 9.73. The number of carbonyl (C=O) groups excluding carboxylic acids is 2. The maximum absolute atomic E-state index is 14.9. The minimum Gasteiger partial charge on any atom is -0.367 e. The Kier molecular flexibility index (Phi) is 7.70. The molecule has 8 nitrogen and oxygen atoms in total. The molecule has 1 fully saturated rings. The molecule has 40 heavy (non-hydrogen) atoms. The Morgan fingerprint density at radius 2 is 1.65 bits per heavy atom. The lowest BCUT2D eigenvalue weighted by molar-refractivity contribution is -0.138. The van der Waals surface area contributed by atoms with Crippen molar-refractivity contribution in [3.05, 3.63) is 81.3 Å². The number of anilines is 2. The van der Waals surface area contributed by atoms with Gasteiger partial charge in [0.2, 0.25) is 5.56 Å². The van der Waals surface area contributed by atoms with Gasteiger partial charge in [-0.3, -0.25) is 19.3 Å². The van der Waals surface area contributed by atoms with Gasteiger partial charge in [0.05, 0.1) is 28.1 Å². The van der Waals surface area contributed by atoms with Crippen molar-refractivity contribution in [3.8, 4) is 11.1 Å². The third kappa shape index (κ3) is 5.55. The number of hydrogen-bond donors (Lipinski definition) is 3. The molecule has 0 saturated carbocycles. The Labute approximate surface area is 225 Å². The Hall–Kier alpha value is -4.26. The number of H-pyrrole nitrogens is 1. The van der Waals surface area contributed by atoms with Crippen molar-refractivity contribution in [2.45, 2.75) is 32.1 Å². The zero-order chi connectivity index (χ0) is 29.5. The quantitative estimate of drug-likeness (QED) is 0.403. The van der Waals surface area contributed by atoms with Crippen molar-refractivity contribution in [3.63, 3.8) is 0 Å². The number of alkyl halides is 3. The van der Waals surface area contributed by atoms with E-state index in [4.69, 9.17) is 5.73 Å². The number of piperazine rings is 1. The van der Waals surface area contributed by atoms with Crippen LogP contribution in [0.1, 0.15) is 40.1 Å². The summed E-state index contributed by atoms with van der Waals surface area (Å²) in [5.74, 6) is -5.15. The summed E-state index contributed by atoms with van der Waals surface area (Å²) in [6, 6.07) is 6.93. The standard InChI is InChI=1S/C27H26F5N5O3/c1-13-11-37(12-14(2)36(13)3)21-7-4-15(16-5-6-17(25(33)39)24(29)23(16)28)8-20(21)35-26(40)18-10-34-22(38)9-19(18)27(30,31)32/h4-10,13-14H,11-12H2,1-3H3,(H2,33,39)(H,34,38)(H,35,40)/t13-,14+. The number of carbonyl (C=O) groups is 2. The van der Waals surface area contributed by atoms with Crippen molar-refractivity contribution in [2.75, 3.05) is 30.4 Å². The topological polar surface area (TPSA) is 112 Å². The predicted molar refractivity (Wildman–Crippen MR) is 139 cm³/mol. The average Bonchev–Trinajstić information content (AvgIpc) is 2.87. The van der Waals surface area contributed by atoms with Gasteiger partial charge >= 0.3 is 6.18 Å². The van der Waals surface area contributed by atoms with E-state index >= 15 is 0 Å². The van der Waals surface area contributed by atoms with Gasteiger partial charge in [-0.1, -0.05) is 12.1 Å². The van der Waals surface area contributed by atoms with E-state index < -0.39 is 51.9 Å². The van der Waals surface area contributed by atoms with Crippen LogP contribution < -0.4 is 21.5 Å². The maximum atomic E-state index is 14.9. The highest BCUT2D eigenvalue weighted by Gasteiger charge is 2.36. The van der Waals surface area contributed by atoms with Crippen LogP contribution in [-0.2, 0) is 6.18 Å². The number of aromatic nitrogens is 1. The highest BCUT2D eigenvalue weighted by Crippen LogP contribution is 2.37. The summed E-state index contributed by atoms with van der Waals surface area (Å²) in [7, 11) is 1.96. The SMILES string of the molecule is C[C@@H]1CN(c2ccc(-c3ccc(C(N)=O)c(F)c3F)cc2NC(=O)c2c[nH]c(=O)cc2C(F)(F)F)C[C@H](C)N1C. The first-order chi connectivity index (χ1) is 18.7. The monoisotopic (exact) mass is 563 g/mol. The molecule has 2 heterocycles. The zero-order valence-corrected chi connectivity index (χ0v) is 21.7. The van der Waals surface area contributed by atoms with Gasteiger partial charge in [-0.05, 0) is 44.7 Å². The van der Waals surface area contributed by atoms with Gasteiger partial charge in [-0.2, -0.15) is 13.2 Å². The maximum Gasteiger partial charge on any atom is 0.417 e. The lowest BCUT2D eigenvalue weighted by Crippen LogP contribution is -2.55. The second-order valence-electron chi connectivity index (χ2n) is 9.73. The van der Waals surface area contributed by atoms with Crippen LogP contribution >= 0.6 is 0 Å². The van der Waals surface area contributed by atoms with Gasteiger partial charge in [0.15, 0.2) is 11.6 Å². The van der Waals surface area contributed by atoms with Crippen LogP contribution in [0.5, 0.6) is 0 Å². The third-order valence-electron chi connectivity index (χ3n) is 7.08. The number of pyridine rings is 1. The molecule has 4 rings (SSSR count). The molecule has 3 aromatic rings. The Bertz CT molecular complexity index is 1530. The molecule has 4 N–H and O–H groups in total. The molecule has 212 valence electrons. The first-order valence-electron chi connectivity index (χ1n) is 12.2. The lowest BCUT2D eigenvalue weighted by Gasteiger charge is -2.44. The summed E-state index contributed by atoms with van der Waals surface area (Å²) in [6.45, 7) is 4.99. The summed E-state index contributed by atoms with van der Waals surface area (Å²) in [5.41, 5.74) is 1.44. The molecule has 0 radical (unpaired) electrons. The Balaban J connectivity index is 1.83. The zero-order valence-electron chi connectivity index (χ0n) is 21.7. The van der Waals surface area contributed by atoms with Crippen molar-refractivity contribution >= 4 is 23.2 Å². The van der Waals surface area contributed by atoms with E-state index in [1.54, 1.807) is 6.07 Å². The van der Waals surface area contributed by atoms with Crippen LogP contribution in [0, 0.1) is 11.6 Å². The summed E-state index contributed by atoms with van der Waals surface area (Å²) in [5, 5.41) is 2.46. The number of rotatable bonds is 5. The number of likely N-dealkylation sites (N-methyl/N-ethyl adjacent to an activating group) is 1. The second kappa shape index (κ2) is 10.7. The first kappa shape index (κ1) is 28.7. The number of hydrogen-bond acceptors (Lipinski definition) is 5. The molecule has 1 saturated heterocycles. The smallest absolute Gasteiger partial charge is 0.367 e. The van der Waals surface area contributed by atoms with Gasteiger partial charge < -0.3 is 20.9 Å². The van der Waals surface area contributed by atoms with Crippen molar-refractivity contribution in [1.29, 1.82) is 0 Å². The largest absolute Gasteiger partial charge is 0.417 e. The number of halogens is 5. The van der Waals surface area contributed by atoms with Crippen LogP contribution in [0.15, 0.2) is 47.4 Å². The average molecular weight is 564 g/mol. The number of aromatic amines is 1. The van der Waals surface area contributed by atoms with Crippen molar-refractivity contribution < 1.29 is 31.5 Å². The fraction of sp³-hybridized carbons (Fsp3) is 0.296. The van der Waals surface area contributed by atoms with Crippen LogP contribution in [0.2, 0.25) is 0 Å². The molecular formula is C27H26F5N5O3. The lowest BCUT2D eigenvalue weighted by atomic mass is 9.99. The van der Waals surface area contributed by atoms with E-state index in [-0.39, 0.29) is 35.0 Å². The van der Waals surface area contributed by atoms with E-state index in [9.17, 15) is 36.3 Å². The summed E-state index contributed by atoms with van der Waals surface area (Å²) in [4.78, 5) is 42.3. The molecule has 1 aliphatic rings. The molecule has 0 aliphatic carbocycles. The summed E-state index contributed by atoms with van der Waals surface area (Å²) >= 11 is 0. The predicted octanol–water partition coefficient (Wildman–Crippen LogP) is 4.22. The van der Waals surface area contributed by atoms with Gasteiger partial charge in [0.25, 0.3) is 11.8 Å². The van der Waals surface area contributed by atoms with Crippen LogP contribution in [0.3, 0.4) is 0 Å². The Morgan fingerprint density at radius 3 is 2.25 bits per heavy atom. The van der Waals surface area contributed by atoms with Gasteiger partial charge in [0, 0.05) is 43.0 Å². The van der Waals surface area contributed by atoms with Crippen molar-refractivity contribution in [1.82, 2.24) is 9.88 Å². The first-order valence-corrected chi connectivity index (χ1v) is 12.2. The molecule has 0 unspecified atom stereocenters. The molecule has 2 amide bonds. The molecule has 0 spiro atoms. The van der Waals surface area contributed by atoms with Crippen LogP contribution in [0.25, 0.3) is 11.1 Å². The highest BCUT2D eigenvalue weighted by molar-refractivity contribution is 6.07.